The predicted octanol–water partition coefficient (Wildman–Crippen LogP) is 2.37. The first-order valence-corrected chi connectivity index (χ1v) is 17.8. The number of aliphatic hydroxyl groups is 1. The Kier molecular flexibility index (Phi) is 12.8. The van der Waals surface area contributed by atoms with Gasteiger partial charge < -0.3 is 30.7 Å². The van der Waals surface area contributed by atoms with Crippen LogP contribution in [0.4, 0.5) is 4.79 Å². The van der Waals surface area contributed by atoms with Crippen molar-refractivity contribution in [3.63, 3.8) is 0 Å². The first-order valence-electron chi connectivity index (χ1n) is 17.0. The summed E-state index contributed by atoms with van der Waals surface area (Å²) in [7, 11) is 0. The zero-order chi connectivity index (χ0) is 35.9. The summed E-state index contributed by atoms with van der Waals surface area (Å²) < 4.78 is 5.28. The second kappa shape index (κ2) is 16.4. The monoisotopic (exact) mass is 699 g/mol. The van der Waals surface area contributed by atoms with E-state index in [0.717, 1.165) is 34.8 Å². The van der Waals surface area contributed by atoms with Crippen molar-refractivity contribution < 1.29 is 29.0 Å². The fourth-order valence-electron chi connectivity index (χ4n) is 5.99. The van der Waals surface area contributed by atoms with Crippen LogP contribution in [-0.4, -0.2) is 125 Å². The van der Waals surface area contributed by atoms with Gasteiger partial charge >= 0.3 is 6.09 Å². The van der Waals surface area contributed by atoms with Crippen LogP contribution in [0.25, 0.3) is 10.4 Å². The minimum absolute atomic E-state index is 0.0208. The fourth-order valence-corrected chi connectivity index (χ4v) is 6.80. The summed E-state index contributed by atoms with van der Waals surface area (Å²) in [6.45, 7) is 17.5. The first-order chi connectivity index (χ1) is 23.0. The molecule has 0 spiro atoms. The van der Waals surface area contributed by atoms with Gasteiger partial charge in [-0.05, 0) is 44.2 Å². The number of benzene rings is 1. The topological polar surface area (TPSA) is 156 Å². The molecule has 2 saturated heterocycles. The molecule has 1 aromatic heterocycles. The van der Waals surface area contributed by atoms with Crippen molar-refractivity contribution in [3.8, 4) is 10.4 Å². The van der Waals surface area contributed by atoms with Gasteiger partial charge in [0.1, 0.15) is 17.7 Å². The normalized spacial score (nSPS) is 19.7. The van der Waals surface area contributed by atoms with E-state index in [2.05, 4.69) is 25.8 Å². The Morgan fingerprint density at radius 1 is 1.00 bits per heavy atom. The quantitative estimate of drug-likeness (QED) is 0.277. The highest BCUT2D eigenvalue weighted by Gasteiger charge is 2.44. The molecule has 3 atom stereocenters. The number of likely N-dealkylation sites (tertiary alicyclic amines) is 1. The van der Waals surface area contributed by atoms with Crippen molar-refractivity contribution >= 4 is 35.2 Å². The summed E-state index contributed by atoms with van der Waals surface area (Å²) in [6, 6.07) is 6.18. The Bertz CT molecular complexity index is 1440. The van der Waals surface area contributed by atoms with E-state index < -0.39 is 35.3 Å². The molecule has 2 fully saturated rings. The van der Waals surface area contributed by atoms with Gasteiger partial charge in [0.05, 0.1) is 28.7 Å². The van der Waals surface area contributed by atoms with E-state index in [4.69, 9.17) is 4.74 Å². The summed E-state index contributed by atoms with van der Waals surface area (Å²) in [6.07, 6.45) is -1.15. The van der Waals surface area contributed by atoms with Gasteiger partial charge in [-0.25, -0.2) is 9.78 Å². The zero-order valence-electron chi connectivity index (χ0n) is 29.9. The molecule has 14 heteroatoms. The number of ether oxygens (including phenoxy) is 1. The lowest BCUT2D eigenvalue weighted by atomic mass is 9.85. The second-order valence-electron chi connectivity index (χ2n) is 15.0. The molecular weight excluding hydrogens is 646 g/mol. The second-order valence-corrected chi connectivity index (χ2v) is 15.8. The van der Waals surface area contributed by atoms with Crippen LogP contribution in [0.2, 0.25) is 0 Å². The van der Waals surface area contributed by atoms with Crippen LogP contribution >= 0.6 is 11.3 Å². The highest BCUT2D eigenvalue weighted by Crippen LogP contribution is 2.28. The number of amides is 4. The van der Waals surface area contributed by atoms with Crippen molar-refractivity contribution in [1.29, 1.82) is 0 Å². The van der Waals surface area contributed by atoms with Crippen LogP contribution in [0.1, 0.15) is 59.2 Å². The largest absolute Gasteiger partial charge is 0.444 e. The number of carbonyl (C=O) groups is 4. The third-order valence-corrected chi connectivity index (χ3v) is 9.62. The molecule has 4 N–H and O–H groups in total. The highest BCUT2D eigenvalue weighted by atomic mass is 32.1. The zero-order valence-corrected chi connectivity index (χ0v) is 30.7. The van der Waals surface area contributed by atoms with Gasteiger partial charge in [-0.15, -0.1) is 11.3 Å². The number of aliphatic hydroxyl groups excluding tert-OH is 1. The Morgan fingerprint density at radius 3 is 2.24 bits per heavy atom. The molecule has 13 nitrogen and oxygen atoms in total. The lowest BCUT2D eigenvalue weighted by molar-refractivity contribution is -0.144. The third-order valence-electron chi connectivity index (χ3n) is 8.64. The molecule has 270 valence electrons. The molecule has 2 aliphatic rings. The molecular formula is C35H53N7O6S. The fraction of sp³-hybridized carbons (Fsp3) is 0.629. The maximum absolute atomic E-state index is 14.0. The summed E-state index contributed by atoms with van der Waals surface area (Å²) >= 11 is 1.58. The van der Waals surface area contributed by atoms with Crippen molar-refractivity contribution in [2.45, 2.75) is 85.2 Å². The standard InChI is InChI=1S/C35H53N7O6S/c1-23-29(49-22-38-23)25-10-8-24(9-11-25)19-37-31(45)27-18-26(43)20-42(27)32(46)30(34(2,3)4)39-28(44)21-41-16-14-40(15-17-41)13-12-36-33(47)48-35(5,6)7/h8-11,22,26-27,30,43H,12-21H2,1-7H3,(H,36,47)(H,37,45)(H,39,44)/t26-,27+,30-/m1/s1. The van der Waals surface area contributed by atoms with Gasteiger partial charge in [0.25, 0.3) is 0 Å². The van der Waals surface area contributed by atoms with E-state index in [1.165, 1.54) is 4.90 Å². The molecule has 0 bridgehead atoms. The molecule has 0 aliphatic carbocycles. The number of β-amino-alcohol motifs (C(OH)–C–C–N with tert-alkyl or cyclic N) is 1. The molecule has 4 rings (SSSR count). The number of nitrogens with zero attached hydrogens (tertiary/aromatic N) is 4. The number of carbonyl (C=O) groups excluding carboxylic acids is 4. The Labute approximate surface area is 293 Å². The van der Waals surface area contributed by atoms with Gasteiger partial charge in [-0.1, -0.05) is 45.0 Å². The maximum atomic E-state index is 14.0. The van der Waals surface area contributed by atoms with E-state index in [1.807, 2.05) is 83.1 Å². The number of hydrogen-bond donors (Lipinski definition) is 4. The number of aryl methyl sites for hydroxylation is 1. The minimum Gasteiger partial charge on any atom is -0.444 e. The number of thiazole rings is 1. The van der Waals surface area contributed by atoms with Crippen LogP contribution in [0.3, 0.4) is 0 Å². The molecule has 49 heavy (non-hydrogen) atoms. The van der Waals surface area contributed by atoms with Gasteiger partial charge in [0, 0.05) is 58.8 Å². The lowest BCUT2D eigenvalue weighted by Gasteiger charge is -2.37. The summed E-state index contributed by atoms with van der Waals surface area (Å²) in [5, 5.41) is 19.2. The van der Waals surface area contributed by atoms with Gasteiger partial charge in [-0.3, -0.25) is 24.2 Å². The highest BCUT2D eigenvalue weighted by molar-refractivity contribution is 7.13. The summed E-state index contributed by atoms with van der Waals surface area (Å²) in [4.78, 5) is 63.6. The van der Waals surface area contributed by atoms with Gasteiger partial charge in [0.2, 0.25) is 17.7 Å². The van der Waals surface area contributed by atoms with Crippen molar-refractivity contribution in [3.05, 3.63) is 41.0 Å². The van der Waals surface area contributed by atoms with E-state index in [9.17, 15) is 24.3 Å². The number of hydrogen-bond acceptors (Lipinski definition) is 10. The maximum Gasteiger partial charge on any atom is 0.407 e. The molecule has 2 aliphatic heterocycles. The first kappa shape index (κ1) is 38.2. The Hall–Kier alpha value is -3.59. The molecule has 1 aromatic carbocycles. The lowest BCUT2D eigenvalue weighted by Crippen LogP contribution is -2.59. The molecule has 0 unspecified atom stereocenters. The van der Waals surface area contributed by atoms with Gasteiger partial charge in [-0.2, -0.15) is 0 Å². The molecule has 0 saturated carbocycles. The van der Waals surface area contributed by atoms with E-state index in [1.54, 1.807) is 11.3 Å². The van der Waals surface area contributed by atoms with Crippen LogP contribution in [0.5, 0.6) is 0 Å². The predicted molar refractivity (Wildman–Crippen MR) is 189 cm³/mol. The number of nitrogens with one attached hydrogen (secondary N) is 3. The van der Waals surface area contributed by atoms with E-state index in [-0.39, 0.29) is 43.8 Å². The smallest absolute Gasteiger partial charge is 0.407 e. The average Bonchev–Trinajstić information content (AvgIpc) is 3.63. The van der Waals surface area contributed by atoms with Crippen molar-refractivity contribution in [2.75, 3.05) is 52.4 Å². The number of alkyl carbamates (subject to hydrolysis) is 1. The number of rotatable bonds is 11. The Balaban J connectivity index is 1.27. The number of piperazine rings is 1. The summed E-state index contributed by atoms with van der Waals surface area (Å²) in [5.74, 6) is -0.999. The van der Waals surface area contributed by atoms with Crippen molar-refractivity contribution in [2.24, 2.45) is 5.41 Å². The van der Waals surface area contributed by atoms with Crippen molar-refractivity contribution in [1.82, 2.24) is 35.6 Å². The molecule has 2 aromatic rings. The van der Waals surface area contributed by atoms with E-state index in [0.29, 0.717) is 26.2 Å². The van der Waals surface area contributed by atoms with Crippen LogP contribution in [0, 0.1) is 12.3 Å². The molecule has 4 amide bonds. The van der Waals surface area contributed by atoms with Crippen LogP contribution in [-0.2, 0) is 25.7 Å². The average molecular weight is 700 g/mol. The van der Waals surface area contributed by atoms with Gasteiger partial charge in [0.15, 0.2) is 0 Å². The van der Waals surface area contributed by atoms with Crippen LogP contribution in [0.15, 0.2) is 29.8 Å². The molecule has 3 heterocycles. The Morgan fingerprint density at radius 2 is 1.65 bits per heavy atom. The molecule has 0 radical (unpaired) electrons. The van der Waals surface area contributed by atoms with Crippen LogP contribution < -0.4 is 16.0 Å². The van der Waals surface area contributed by atoms with E-state index >= 15 is 0 Å². The SMILES string of the molecule is Cc1ncsc1-c1ccc(CNC(=O)[C@@H]2C[C@@H](O)CN2C(=O)[C@@H](NC(=O)CN2CCN(CCNC(=O)OC(C)(C)C)CC2)C(C)(C)C)cc1. The third kappa shape index (κ3) is 11.2. The number of aromatic nitrogens is 1. The summed E-state index contributed by atoms with van der Waals surface area (Å²) in [5.41, 5.74) is 3.58. The minimum atomic E-state index is -0.886.